The van der Waals surface area contributed by atoms with Gasteiger partial charge in [-0.1, -0.05) is 15.9 Å². The Labute approximate surface area is 115 Å². The van der Waals surface area contributed by atoms with E-state index in [9.17, 15) is 4.79 Å². The van der Waals surface area contributed by atoms with Crippen molar-refractivity contribution in [1.82, 2.24) is 0 Å². The second-order valence-electron chi connectivity index (χ2n) is 3.78. The molecule has 0 aliphatic rings. The molecule has 3 N–H and O–H groups in total. The van der Waals surface area contributed by atoms with Crippen LogP contribution in [0.4, 0.5) is 11.4 Å². The molecule has 1 rings (SSSR count). The fourth-order valence-corrected chi connectivity index (χ4v) is 2.01. The lowest BCUT2D eigenvalue weighted by molar-refractivity contribution is -0.121. The molecule has 1 amide bonds. The Morgan fingerprint density at radius 2 is 2.17 bits per heavy atom. The Hall–Kier alpha value is -1.11. The van der Waals surface area contributed by atoms with E-state index in [-0.39, 0.29) is 12.5 Å². The molecule has 0 fully saturated rings. The van der Waals surface area contributed by atoms with Gasteiger partial charge in [-0.05, 0) is 24.6 Å². The average molecular weight is 317 g/mol. The number of amides is 1. The van der Waals surface area contributed by atoms with Gasteiger partial charge in [0.25, 0.3) is 0 Å². The van der Waals surface area contributed by atoms with Gasteiger partial charge in [-0.15, -0.1) is 0 Å². The zero-order valence-corrected chi connectivity index (χ0v) is 12.0. The van der Waals surface area contributed by atoms with E-state index < -0.39 is 0 Å². The molecule has 0 aliphatic heterocycles. The van der Waals surface area contributed by atoms with Crippen molar-refractivity contribution in [3.05, 3.63) is 22.2 Å². The summed E-state index contributed by atoms with van der Waals surface area (Å²) in [4.78, 5) is 11.6. The molecule has 0 spiro atoms. The van der Waals surface area contributed by atoms with E-state index in [0.29, 0.717) is 24.6 Å². The summed E-state index contributed by atoms with van der Waals surface area (Å²) in [7, 11) is 1.58. The minimum Gasteiger partial charge on any atom is -0.397 e. The molecule has 0 saturated carbocycles. The zero-order valence-electron chi connectivity index (χ0n) is 10.5. The van der Waals surface area contributed by atoms with Gasteiger partial charge in [0.15, 0.2) is 0 Å². The van der Waals surface area contributed by atoms with Gasteiger partial charge in [-0.3, -0.25) is 4.79 Å². The van der Waals surface area contributed by atoms with Crippen molar-refractivity contribution in [2.45, 2.75) is 6.92 Å². The van der Waals surface area contributed by atoms with Crippen LogP contribution in [0.1, 0.15) is 5.56 Å². The summed E-state index contributed by atoms with van der Waals surface area (Å²) in [5.74, 6) is -0.233. The van der Waals surface area contributed by atoms with Crippen molar-refractivity contribution in [3.63, 3.8) is 0 Å². The summed E-state index contributed by atoms with van der Waals surface area (Å²) < 4.78 is 10.8. The Balaban J connectivity index is 2.54. The number of ether oxygens (including phenoxy) is 2. The molecule has 0 unspecified atom stereocenters. The standard InChI is InChI=1S/C12H17BrN2O3/c1-8-5-9(13)6-10(14)12(8)15-11(16)7-18-4-3-17-2/h5-6H,3-4,7,14H2,1-2H3,(H,15,16). The van der Waals surface area contributed by atoms with Gasteiger partial charge in [0.2, 0.25) is 5.91 Å². The second kappa shape index (κ2) is 7.35. The van der Waals surface area contributed by atoms with E-state index >= 15 is 0 Å². The molecule has 0 aromatic heterocycles. The van der Waals surface area contributed by atoms with Gasteiger partial charge < -0.3 is 20.5 Å². The molecule has 0 bridgehead atoms. The summed E-state index contributed by atoms with van der Waals surface area (Å²) in [6.45, 7) is 2.71. The van der Waals surface area contributed by atoms with E-state index in [0.717, 1.165) is 10.0 Å². The maximum absolute atomic E-state index is 11.6. The monoisotopic (exact) mass is 316 g/mol. The number of nitrogens with two attached hydrogens (primary N) is 1. The van der Waals surface area contributed by atoms with Gasteiger partial charge in [0.05, 0.1) is 24.6 Å². The zero-order chi connectivity index (χ0) is 13.5. The van der Waals surface area contributed by atoms with Crippen LogP contribution in [0.3, 0.4) is 0 Å². The average Bonchev–Trinajstić information content (AvgIpc) is 2.29. The number of nitrogens with one attached hydrogen (secondary N) is 1. The number of aryl methyl sites for hydroxylation is 1. The first-order valence-corrected chi connectivity index (χ1v) is 6.26. The number of carbonyl (C=O) groups excluding carboxylic acids is 1. The van der Waals surface area contributed by atoms with Crippen molar-refractivity contribution in [2.24, 2.45) is 0 Å². The van der Waals surface area contributed by atoms with Crippen LogP contribution in [-0.2, 0) is 14.3 Å². The Morgan fingerprint density at radius 1 is 1.44 bits per heavy atom. The molecule has 0 aliphatic carbocycles. The number of hydrogen-bond acceptors (Lipinski definition) is 4. The second-order valence-corrected chi connectivity index (χ2v) is 4.70. The minimum atomic E-state index is -0.233. The number of anilines is 2. The van der Waals surface area contributed by atoms with Crippen LogP contribution in [-0.4, -0.2) is 32.8 Å². The molecule has 5 nitrogen and oxygen atoms in total. The highest BCUT2D eigenvalue weighted by molar-refractivity contribution is 9.10. The van der Waals surface area contributed by atoms with Crippen molar-refractivity contribution >= 4 is 33.2 Å². The third kappa shape index (κ3) is 4.64. The quantitative estimate of drug-likeness (QED) is 0.621. The third-order valence-electron chi connectivity index (χ3n) is 2.26. The van der Waals surface area contributed by atoms with Crippen LogP contribution in [0.15, 0.2) is 16.6 Å². The fourth-order valence-electron chi connectivity index (χ4n) is 1.42. The summed E-state index contributed by atoms with van der Waals surface area (Å²) in [6, 6.07) is 3.63. The van der Waals surface area contributed by atoms with Crippen LogP contribution >= 0.6 is 15.9 Å². The van der Waals surface area contributed by atoms with Gasteiger partial charge in [-0.25, -0.2) is 0 Å². The van der Waals surface area contributed by atoms with E-state index in [1.54, 1.807) is 13.2 Å². The van der Waals surface area contributed by atoms with Gasteiger partial charge in [0.1, 0.15) is 6.61 Å². The van der Waals surface area contributed by atoms with E-state index in [1.165, 1.54) is 0 Å². The predicted molar refractivity (Wildman–Crippen MR) is 74.6 cm³/mol. The molecule has 18 heavy (non-hydrogen) atoms. The Bertz CT molecular complexity index is 401. The van der Waals surface area contributed by atoms with Crippen molar-refractivity contribution in [2.75, 3.05) is 38.0 Å². The highest BCUT2D eigenvalue weighted by Crippen LogP contribution is 2.27. The SMILES string of the molecule is COCCOCC(=O)Nc1c(C)cc(Br)cc1N. The van der Waals surface area contributed by atoms with Crippen LogP contribution in [0.5, 0.6) is 0 Å². The minimum absolute atomic E-state index is 0.0156. The molecule has 0 atom stereocenters. The maximum atomic E-state index is 11.6. The largest absolute Gasteiger partial charge is 0.397 e. The smallest absolute Gasteiger partial charge is 0.250 e. The number of hydrogen-bond donors (Lipinski definition) is 2. The third-order valence-corrected chi connectivity index (χ3v) is 2.72. The van der Waals surface area contributed by atoms with Crippen LogP contribution in [0, 0.1) is 6.92 Å². The Morgan fingerprint density at radius 3 is 2.78 bits per heavy atom. The lowest BCUT2D eigenvalue weighted by Gasteiger charge is -2.12. The molecule has 0 heterocycles. The first kappa shape index (κ1) is 14.9. The maximum Gasteiger partial charge on any atom is 0.250 e. The van der Waals surface area contributed by atoms with Crippen molar-refractivity contribution in [3.8, 4) is 0 Å². The summed E-state index contributed by atoms with van der Waals surface area (Å²) in [6.07, 6.45) is 0. The van der Waals surface area contributed by atoms with Gasteiger partial charge in [0, 0.05) is 11.6 Å². The lowest BCUT2D eigenvalue weighted by Crippen LogP contribution is -2.20. The predicted octanol–water partition coefficient (Wildman–Crippen LogP) is 1.94. The van der Waals surface area contributed by atoms with E-state index in [4.69, 9.17) is 15.2 Å². The van der Waals surface area contributed by atoms with Crippen LogP contribution < -0.4 is 11.1 Å². The molecule has 100 valence electrons. The number of carbonyl (C=O) groups is 1. The molecule has 1 aromatic rings. The summed E-state index contributed by atoms with van der Waals surface area (Å²) in [5, 5.41) is 2.73. The molecule has 0 saturated heterocycles. The first-order valence-electron chi connectivity index (χ1n) is 5.46. The molecule has 1 aromatic carbocycles. The number of rotatable bonds is 6. The van der Waals surface area contributed by atoms with E-state index in [1.807, 2.05) is 13.0 Å². The van der Waals surface area contributed by atoms with Crippen LogP contribution in [0.25, 0.3) is 0 Å². The topological polar surface area (TPSA) is 73.6 Å². The lowest BCUT2D eigenvalue weighted by atomic mass is 10.1. The summed E-state index contributed by atoms with van der Waals surface area (Å²) in [5.41, 5.74) is 7.88. The van der Waals surface area contributed by atoms with Crippen LogP contribution in [0.2, 0.25) is 0 Å². The number of halogens is 1. The molecule has 0 radical (unpaired) electrons. The van der Waals surface area contributed by atoms with E-state index in [2.05, 4.69) is 21.2 Å². The van der Waals surface area contributed by atoms with Gasteiger partial charge >= 0.3 is 0 Å². The Kier molecular flexibility index (Phi) is 6.11. The number of nitrogen functional groups attached to an aromatic ring is 1. The van der Waals surface area contributed by atoms with Crippen molar-refractivity contribution in [1.29, 1.82) is 0 Å². The number of methoxy groups -OCH3 is 1. The van der Waals surface area contributed by atoms with Crippen molar-refractivity contribution < 1.29 is 14.3 Å². The van der Waals surface area contributed by atoms with Gasteiger partial charge in [-0.2, -0.15) is 0 Å². The first-order chi connectivity index (χ1) is 8.54. The highest BCUT2D eigenvalue weighted by Gasteiger charge is 2.09. The summed E-state index contributed by atoms with van der Waals surface area (Å²) >= 11 is 3.34. The molecular weight excluding hydrogens is 300 g/mol. The highest BCUT2D eigenvalue weighted by atomic mass is 79.9. The normalized spacial score (nSPS) is 10.4. The molecule has 6 heteroatoms. The molecular formula is C12H17BrN2O3. The number of benzene rings is 1. The fraction of sp³-hybridized carbons (Fsp3) is 0.417.